The van der Waals surface area contributed by atoms with Gasteiger partial charge in [-0.3, -0.25) is 4.79 Å². The van der Waals surface area contributed by atoms with Gasteiger partial charge in [-0.05, 0) is 24.3 Å². The van der Waals surface area contributed by atoms with Crippen molar-refractivity contribution in [1.29, 1.82) is 0 Å². The first-order valence-corrected chi connectivity index (χ1v) is 5.79. The van der Waals surface area contributed by atoms with Crippen LogP contribution in [0.3, 0.4) is 0 Å². The molecule has 0 unspecified atom stereocenters. The number of ether oxygens (including phenoxy) is 2. The molecule has 0 aliphatic carbocycles. The monoisotopic (exact) mass is 256 g/mol. The zero-order valence-electron chi connectivity index (χ0n) is 10.1. The number of hydrogen-bond donors (Lipinski definition) is 2. The molecular weight excluding hydrogens is 244 g/mol. The van der Waals surface area contributed by atoms with Gasteiger partial charge in [-0.2, -0.15) is 0 Å². The molecule has 2 aromatic rings. The van der Waals surface area contributed by atoms with Crippen LogP contribution in [0.4, 0.5) is 11.4 Å². The summed E-state index contributed by atoms with van der Waals surface area (Å²) in [6.45, 7) is 0.207. The number of fused-ring (bicyclic) bond motifs is 1. The van der Waals surface area contributed by atoms with Crippen molar-refractivity contribution >= 4 is 17.3 Å². The second-order valence-corrected chi connectivity index (χ2v) is 4.11. The van der Waals surface area contributed by atoms with Crippen LogP contribution in [0.25, 0.3) is 0 Å². The number of rotatable bonds is 2. The molecule has 96 valence electrons. The van der Waals surface area contributed by atoms with Crippen LogP contribution in [-0.2, 0) is 0 Å². The van der Waals surface area contributed by atoms with Gasteiger partial charge in [0, 0.05) is 17.4 Å². The van der Waals surface area contributed by atoms with Gasteiger partial charge >= 0.3 is 0 Å². The van der Waals surface area contributed by atoms with Crippen LogP contribution in [0.1, 0.15) is 10.4 Å². The predicted molar refractivity (Wildman–Crippen MR) is 71.4 cm³/mol. The topological polar surface area (TPSA) is 73.6 Å². The molecule has 0 atom stereocenters. The van der Waals surface area contributed by atoms with E-state index in [0.717, 1.165) is 0 Å². The molecule has 0 spiro atoms. The first kappa shape index (κ1) is 11.4. The minimum absolute atomic E-state index is 0.207. The highest BCUT2D eigenvalue weighted by atomic mass is 16.7. The van der Waals surface area contributed by atoms with E-state index in [1.54, 1.807) is 42.5 Å². The Balaban J connectivity index is 1.82. The fraction of sp³-hybridized carbons (Fsp3) is 0.0714. The molecule has 1 heterocycles. The lowest BCUT2D eigenvalue weighted by Crippen LogP contribution is -2.13. The molecule has 5 nitrogen and oxygen atoms in total. The van der Waals surface area contributed by atoms with Gasteiger partial charge in [-0.15, -0.1) is 0 Å². The summed E-state index contributed by atoms with van der Waals surface area (Å²) in [4.78, 5) is 12.1. The van der Waals surface area contributed by atoms with Crippen LogP contribution in [0.5, 0.6) is 11.5 Å². The molecule has 0 saturated heterocycles. The lowest BCUT2D eigenvalue weighted by molar-refractivity contribution is 0.102. The highest BCUT2D eigenvalue weighted by Gasteiger charge is 2.15. The normalized spacial score (nSPS) is 12.2. The molecule has 1 aliphatic heterocycles. The van der Waals surface area contributed by atoms with Crippen molar-refractivity contribution in [3.8, 4) is 11.5 Å². The minimum Gasteiger partial charge on any atom is -0.454 e. The van der Waals surface area contributed by atoms with Crippen LogP contribution in [0.2, 0.25) is 0 Å². The number of hydrogen-bond acceptors (Lipinski definition) is 4. The minimum atomic E-state index is -0.253. The second kappa shape index (κ2) is 4.53. The summed E-state index contributed by atoms with van der Waals surface area (Å²) in [5.74, 6) is 1.05. The number of nitrogens with two attached hydrogens (primary N) is 1. The van der Waals surface area contributed by atoms with E-state index in [-0.39, 0.29) is 12.7 Å². The lowest BCUT2D eigenvalue weighted by Gasteiger charge is -2.07. The zero-order valence-corrected chi connectivity index (χ0v) is 10.1. The zero-order chi connectivity index (χ0) is 13.2. The van der Waals surface area contributed by atoms with E-state index >= 15 is 0 Å². The number of nitrogen functional groups attached to an aromatic ring is 1. The summed E-state index contributed by atoms with van der Waals surface area (Å²) in [6, 6.07) is 12.2. The van der Waals surface area contributed by atoms with Crippen molar-refractivity contribution in [2.24, 2.45) is 0 Å². The fourth-order valence-corrected chi connectivity index (χ4v) is 1.88. The van der Waals surface area contributed by atoms with Gasteiger partial charge in [-0.1, -0.05) is 12.1 Å². The maximum absolute atomic E-state index is 12.1. The molecule has 3 N–H and O–H groups in total. The maximum atomic E-state index is 12.1. The predicted octanol–water partition coefficient (Wildman–Crippen LogP) is 2.25. The smallest absolute Gasteiger partial charge is 0.257 e. The van der Waals surface area contributed by atoms with Crippen molar-refractivity contribution in [2.75, 3.05) is 17.8 Å². The van der Waals surface area contributed by atoms with E-state index in [2.05, 4.69) is 5.32 Å². The molecular formula is C14H12N2O3. The van der Waals surface area contributed by atoms with Crippen molar-refractivity contribution in [3.05, 3.63) is 48.0 Å². The van der Waals surface area contributed by atoms with Crippen LogP contribution in [0, 0.1) is 0 Å². The molecule has 5 heteroatoms. The number of carbonyl (C=O) groups excluding carboxylic acids is 1. The molecule has 1 amide bonds. The van der Waals surface area contributed by atoms with E-state index in [9.17, 15) is 4.79 Å². The quantitative estimate of drug-likeness (QED) is 0.808. The molecule has 0 aromatic heterocycles. The molecule has 2 aromatic carbocycles. The SMILES string of the molecule is Nc1ccccc1C(=O)Nc1ccc2c(c1)OCO2. The van der Waals surface area contributed by atoms with Gasteiger partial charge in [0.1, 0.15) is 0 Å². The summed E-state index contributed by atoms with van der Waals surface area (Å²) in [6.07, 6.45) is 0. The van der Waals surface area contributed by atoms with Gasteiger partial charge in [0.2, 0.25) is 6.79 Å². The van der Waals surface area contributed by atoms with Gasteiger partial charge in [0.25, 0.3) is 5.91 Å². The third-order valence-corrected chi connectivity index (χ3v) is 2.84. The Hall–Kier alpha value is -2.69. The third-order valence-electron chi connectivity index (χ3n) is 2.84. The van der Waals surface area contributed by atoms with E-state index in [0.29, 0.717) is 28.4 Å². The fourth-order valence-electron chi connectivity index (χ4n) is 1.88. The molecule has 0 radical (unpaired) electrons. The van der Waals surface area contributed by atoms with Crippen LogP contribution in [-0.4, -0.2) is 12.7 Å². The number of benzene rings is 2. The van der Waals surface area contributed by atoms with Gasteiger partial charge in [-0.25, -0.2) is 0 Å². The van der Waals surface area contributed by atoms with Gasteiger partial charge < -0.3 is 20.5 Å². The van der Waals surface area contributed by atoms with Crippen molar-refractivity contribution < 1.29 is 14.3 Å². The van der Waals surface area contributed by atoms with Crippen LogP contribution < -0.4 is 20.5 Å². The Morgan fingerprint density at radius 1 is 1.11 bits per heavy atom. The number of para-hydroxylation sites is 1. The number of carbonyl (C=O) groups is 1. The molecule has 3 rings (SSSR count). The highest BCUT2D eigenvalue weighted by molar-refractivity contribution is 6.07. The van der Waals surface area contributed by atoms with Gasteiger partial charge in [0.05, 0.1) is 5.56 Å². The van der Waals surface area contributed by atoms with E-state index in [1.165, 1.54) is 0 Å². The standard InChI is InChI=1S/C14H12N2O3/c15-11-4-2-1-3-10(11)14(17)16-9-5-6-12-13(7-9)19-8-18-12/h1-7H,8,15H2,(H,16,17). The largest absolute Gasteiger partial charge is 0.454 e. The summed E-state index contributed by atoms with van der Waals surface area (Å²) < 4.78 is 10.5. The second-order valence-electron chi connectivity index (χ2n) is 4.11. The Morgan fingerprint density at radius 3 is 2.74 bits per heavy atom. The summed E-state index contributed by atoms with van der Waals surface area (Å²) in [5, 5.41) is 2.77. The van der Waals surface area contributed by atoms with E-state index in [4.69, 9.17) is 15.2 Å². The molecule has 0 bridgehead atoms. The van der Waals surface area contributed by atoms with Crippen molar-refractivity contribution in [1.82, 2.24) is 0 Å². The Kier molecular flexibility index (Phi) is 2.72. The number of nitrogens with one attached hydrogen (secondary N) is 1. The molecule has 19 heavy (non-hydrogen) atoms. The molecule has 1 aliphatic rings. The lowest BCUT2D eigenvalue weighted by atomic mass is 10.1. The summed E-state index contributed by atoms with van der Waals surface area (Å²) >= 11 is 0. The Bertz CT molecular complexity index is 640. The Morgan fingerprint density at radius 2 is 1.89 bits per heavy atom. The van der Waals surface area contributed by atoms with E-state index < -0.39 is 0 Å². The van der Waals surface area contributed by atoms with Crippen LogP contribution >= 0.6 is 0 Å². The average Bonchev–Trinajstić information content (AvgIpc) is 2.86. The molecule has 0 fully saturated rings. The summed E-state index contributed by atoms with van der Waals surface area (Å²) in [5.41, 5.74) is 7.29. The number of anilines is 2. The first-order chi connectivity index (χ1) is 9.24. The van der Waals surface area contributed by atoms with Crippen LogP contribution in [0.15, 0.2) is 42.5 Å². The third kappa shape index (κ3) is 2.18. The highest BCUT2D eigenvalue weighted by Crippen LogP contribution is 2.34. The first-order valence-electron chi connectivity index (χ1n) is 5.79. The van der Waals surface area contributed by atoms with Gasteiger partial charge in [0.15, 0.2) is 11.5 Å². The average molecular weight is 256 g/mol. The summed E-state index contributed by atoms with van der Waals surface area (Å²) in [7, 11) is 0. The number of amides is 1. The maximum Gasteiger partial charge on any atom is 0.257 e. The van der Waals surface area contributed by atoms with Crippen molar-refractivity contribution in [3.63, 3.8) is 0 Å². The van der Waals surface area contributed by atoms with E-state index in [1.807, 2.05) is 0 Å². The Labute approximate surface area is 109 Å². The van der Waals surface area contributed by atoms with Crippen molar-refractivity contribution in [2.45, 2.75) is 0 Å². The molecule has 0 saturated carbocycles.